The second-order valence-electron chi connectivity index (χ2n) is 4.05. The number of aryl methyl sites for hydroxylation is 1. The van der Waals surface area contributed by atoms with Crippen LogP contribution in [0.4, 0.5) is 0 Å². The molecule has 1 N–H and O–H groups in total. The van der Waals surface area contributed by atoms with Crippen LogP contribution in [-0.4, -0.2) is 23.1 Å². The fourth-order valence-corrected chi connectivity index (χ4v) is 2.53. The number of rotatable bonds is 0. The lowest BCUT2D eigenvalue weighted by atomic mass is 9.98. The first kappa shape index (κ1) is 7.44. The zero-order valence-electron chi connectivity index (χ0n) is 7.75. The molecule has 0 amide bonds. The van der Waals surface area contributed by atoms with Crippen LogP contribution in [0.15, 0.2) is 6.20 Å². The zero-order chi connectivity index (χ0) is 8.84. The lowest BCUT2D eigenvalue weighted by molar-refractivity contribution is 0.451. The maximum atomic E-state index is 4.55. The highest BCUT2D eigenvalue weighted by molar-refractivity contribution is 5.33. The largest absolute Gasteiger partial charge is 0.315 e. The quantitative estimate of drug-likeness (QED) is 0.638. The van der Waals surface area contributed by atoms with Gasteiger partial charge in [0.25, 0.3) is 0 Å². The molecule has 3 rings (SSSR count). The first-order chi connectivity index (χ1) is 6.34. The Hall–Kier alpha value is -0.960. The van der Waals surface area contributed by atoms with E-state index in [-0.39, 0.29) is 0 Å². The summed E-state index contributed by atoms with van der Waals surface area (Å²) in [5, 5.41) is 3.45. The summed E-state index contributed by atoms with van der Waals surface area (Å²) in [6, 6.07) is 0. The monoisotopic (exact) mass is 175 g/mol. The van der Waals surface area contributed by atoms with Crippen molar-refractivity contribution in [3.8, 4) is 0 Å². The second-order valence-corrected chi connectivity index (χ2v) is 4.05. The van der Waals surface area contributed by atoms with Crippen molar-refractivity contribution in [3.05, 3.63) is 23.3 Å². The van der Waals surface area contributed by atoms with Gasteiger partial charge in [-0.3, -0.25) is 0 Å². The maximum Gasteiger partial charge on any atom is 0.125 e. The van der Waals surface area contributed by atoms with E-state index in [0.717, 1.165) is 18.9 Å². The summed E-state index contributed by atoms with van der Waals surface area (Å²) in [4.78, 5) is 8.82. The zero-order valence-corrected chi connectivity index (χ0v) is 7.75. The van der Waals surface area contributed by atoms with Gasteiger partial charge in [0, 0.05) is 31.1 Å². The minimum Gasteiger partial charge on any atom is -0.315 e. The Kier molecular flexibility index (Phi) is 1.44. The standard InChI is InChI=1S/C10H13N3/c1-6-12-5-9-7-2-8(4-11-3-7)10(9)13-6/h5,7-8,11H,2-4H2,1H3. The van der Waals surface area contributed by atoms with Crippen molar-refractivity contribution in [1.82, 2.24) is 15.3 Å². The molecular formula is C10H13N3. The fourth-order valence-electron chi connectivity index (χ4n) is 2.53. The van der Waals surface area contributed by atoms with E-state index >= 15 is 0 Å². The molecule has 2 atom stereocenters. The van der Waals surface area contributed by atoms with Crippen molar-refractivity contribution >= 4 is 0 Å². The van der Waals surface area contributed by atoms with Crippen molar-refractivity contribution in [3.63, 3.8) is 0 Å². The van der Waals surface area contributed by atoms with Crippen molar-refractivity contribution in [2.24, 2.45) is 0 Å². The third-order valence-corrected chi connectivity index (χ3v) is 3.15. The van der Waals surface area contributed by atoms with Crippen molar-refractivity contribution in [2.45, 2.75) is 25.2 Å². The molecule has 2 unspecified atom stereocenters. The number of aromatic nitrogens is 2. The average Bonchev–Trinajstić information content (AvgIpc) is 2.39. The van der Waals surface area contributed by atoms with Gasteiger partial charge in [0.1, 0.15) is 5.82 Å². The van der Waals surface area contributed by atoms with Gasteiger partial charge in [0.15, 0.2) is 0 Å². The molecule has 3 nitrogen and oxygen atoms in total. The number of piperidine rings is 1. The van der Waals surface area contributed by atoms with Gasteiger partial charge in [-0.15, -0.1) is 0 Å². The van der Waals surface area contributed by atoms with E-state index in [0.29, 0.717) is 11.8 Å². The minimum atomic E-state index is 0.649. The highest BCUT2D eigenvalue weighted by Gasteiger charge is 2.35. The maximum absolute atomic E-state index is 4.55. The molecule has 2 aliphatic rings. The first-order valence-corrected chi connectivity index (χ1v) is 4.89. The summed E-state index contributed by atoms with van der Waals surface area (Å²) in [5.74, 6) is 2.23. The molecule has 68 valence electrons. The summed E-state index contributed by atoms with van der Waals surface area (Å²) in [7, 11) is 0. The van der Waals surface area contributed by atoms with E-state index in [9.17, 15) is 0 Å². The van der Waals surface area contributed by atoms with Crippen LogP contribution >= 0.6 is 0 Å². The molecule has 1 aromatic rings. The van der Waals surface area contributed by atoms with Crippen molar-refractivity contribution < 1.29 is 0 Å². The third-order valence-electron chi connectivity index (χ3n) is 3.15. The molecule has 1 saturated heterocycles. The van der Waals surface area contributed by atoms with E-state index in [4.69, 9.17) is 0 Å². The molecule has 1 aromatic heterocycles. The molecule has 0 aromatic carbocycles. The fraction of sp³-hybridized carbons (Fsp3) is 0.600. The molecule has 1 aliphatic heterocycles. The molecular weight excluding hydrogens is 162 g/mol. The van der Waals surface area contributed by atoms with Crippen LogP contribution in [0.1, 0.15) is 35.3 Å². The molecule has 2 bridgehead atoms. The lowest BCUT2D eigenvalue weighted by Gasteiger charge is -2.19. The van der Waals surface area contributed by atoms with E-state index in [1.807, 2.05) is 13.1 Å². The Bertz CT molecular complexity index is 348. The van der Waals surface area contributed by atoms with E-state index in [2.05, 4.69) is 15.3 Å². The molecule has 0 spiro atoms. The number of hydrogen-bond acceptors (Lipinski definition) is 3. The molecule has 13 heavy (non-hydrogen) atoms. The van der Waals surface area contributed by atoms with Crippen molar-refractivity contribution in [1.29, 1.82) is 0 Å². The normalized spacial score (nSPS) is 30.2. The van der Waals surface area contributed by atoms with Crippen LogP contribution < -0.4 is 5.32 Å². The van der Waals surface area contributed by atoms with Gasteiger partial charge in [-0.25, -0.2) is 9.97 Å². The molecule has 2 heterocycles. The van der Waals surface area contributed by atoms with Crippen LogP contribution in [0.3, 0.4) is 0 Å². The molecule has 0 saturated carbocycles. The van der Waals surface area contributed by atoms with Gasteiger partial charge in [-0.1, -0.05) is 0 Å². The Morgan fingerprint density at radius 3 is 3.15 bits per heavy atom. The number of nitrogens with zero attached hydrogens (tertiary/aromatic N) is 2. The predicted octanol–water partition coefficient (Wildman–Crippen LogP) is 0.959. The molecule has 1 aliphatic carbocycles. The van der Waals surface area contributed by atoms with Gasteiger partial charge >= 0.3 is 0 Å². The van der Waals surface area contributed by atoms with E-state index < -0.39 is 0 Å². The van der Waals surface area contributed by atoms with Crippen LogP contribution in [0.2, 0.25) is 0 Å². The lowest BCUT2D eigenvalue weighted by Crippen LogP contribution is -2.28. The highest BCUT2D eigenvalue weighted by atomic mass is 14.9. The van der Waals surface area contributed by atoms with Crippen LogP contribution in [0, 0.1) is 6.92 Å². The molecule has 3 heteroatoms. The van der Waals surface area contributed by atoms with Gasteiger partial charge in [-0.05, 0) is 18.9 Å². The topological polar surface area (TPSA) is 37.8 Å². The Morgan fingerprint density at radius 1 is 1.38 bits per heavy atom. The van der Waals surface area contributed by atoms with Gasteiger partial charge < -0.3 is 5.32 Å². The van der Waals surface area contributed by atoms with Crippen LogP contribution in [-0.2, 0) is 0 Å². The second kappa shape index (κ2) is 2.51. The first-order valence-electron chi connectivity index (χ1n) is 4.89. The molecule has 1 fully saturated rings. The number of nitrogens with one attached hydrogen (secondary N) is 1. The average molecular weight is 175 g/mol. The van der Waals surface area contributed by atoms with Crippen molar-refractivity contribution in [2.75, 3.05) is 13.1 Å². The number of hydrogen-bond donors (Lipinski definition) is 1. The van der Waals surface area contributed by atoms with E-state index in [1.54, 1.807) is 0 Å². The van der Waals surface area contributed by atoms with Crippen LogP contribution in [0.5, 0.6) is 0 Å². The highest BCUT2D eigenvalue weighted by Crippen LogP contribution is 2.41. The summed E-state index contributed by atoms with van der Waals surface area (Å²) >= 11 is 0. The summed E-state index contributed by atoms with van der Waals surface area (Å²) in [6.45, 7) is 4.17. The summed E-state index contributed by atoms with van der Waals surface area (Å²) in [6.07, 6.45) is 3.30. The Labute approximate surface area is 77.6 Å². The Morgan fingerprint density at radius 2 is 2.23 bits per heavy atom. The summed E-state index contributed by atoms with van der Waals surface area (Å²) < 4.78 is 0. The minimum absolute atomic E-state index is 0.649. The smallest absolute Gasteiger partial charge is 0.125 e. The van der Waals surface area contributed by atoms with E-state index in [1.165, 1.54) is 17.7 Å². The predicted molar refractivity (Wildman–Crippen MR) is 49.7 cm³/mol. The summed E-state index contributed by atoms with van der Waals surface area (Å²) in [5.41, 5.74) is 2.70. The molecule has 0 radical (unpaired) electrons. The number of fused-ring (bicyclic) bond motifs is 5. The van der Waals surface area contributed by atoms with Gasteiger partial charge in [-0.2, -0.15) is 0 Å². The third kappa shape index (κ3) is 1.000. The SMILES string of the molecule is Cc1ncc2c(n1)C1CNCC2C1. The Balaban J connectivity index is 2.15. The van der Waals surface area contributed by atoms with Gasteiger partial charge in [0.05, 0.1) is 5.69 Å². The van der Waals surface area contributed by atoms with Gasteiger partial charge in [0.2, 0.25) is 0 Å². The van der Waals surface area contributed by atoms with Crippen LogP contribution in [0.25, 0.3) is 0 Å².